The van der Waals surface area contributed by atoms with Gasteiger partial charge in [0.1, 0.15) is 11.4 Å². The number of ketones is 1. The maximum atomic E-state index is 13.8. The van der Waals surface area contributed by atoms with E-state index in [9.17, 15) is 14.3 Å². The molecule has 1 unspecified atom stereocenters. The molecule has 6 nitrogen and oxygen atoms in total. The third-order valence-electron chi connectivity index (χ3n) is 6.48. The first-order chi connectivity index (χ1) is 17.4. The number of nitrogens with zero attached hydrogens (tertiary/aromatic N) is 1. The molecule has 0 aliphatic heterocycles. The number of methoxy groups -OCH3 is 1. The Kier molecular flexibility index (Phi) is 7.74. The molecular formula is C29H32BrFN2O4. The Morgan fingerprint density at radius 3 is 2.49 bits per heavy atom. The van der Waals surface area contributed by atoms with Crippen LogP contribution in [0.4, 0.5) is 4.39 Å². The molecule has 3 N–H and O–H groups in total. The van der Waals surface area contributed by atoms with Crippen LogP contribution in [0, 0.1) is 5.82 Å². The van der Waals surface area contributed by atoms with Crippen molar-refractivity contribution in [3.05, 3.63) is 75.6 Å². The molecule has 8 heteroatoms. The summed E-state index contributed by atoms with van der Waals surface area (Å²) in [5, 5.41) is 11.4. The Labute approximate surface area is 225 Å². The first-order valence-electron chi connectivity index (χ1n) is 12.2. The Morgan fingerprint density at radius 1 is 1.14 bits per heavy atom. The van der Waals surface area contributed by atoms with Crippen molar-refractivity contribution in [3.63, 3.8) is 0 Å². The van der Waals surface area contributed by atoms with Crippen molar-refractivity contribution in [2.75, 3.05) is 7.11 Å². The molecular weight excluding hydrogens is 539 g/mol. The summed E-state index contributed by atoms with van der Waals surface area (Å²) in [5.74, 6) is 0.626. The van der Waals surface area contributed by atoms with E-state index in [0.717, 1.165) is 18.4 Å². The molecule has 0 radical (unpaired) electrons. The van der Waals surface area contributed by atoms with Gasteiger partial charge in [0.25, 0.3) is 0 Å². The van der Waals surface area contributed by atoms with Crippen molar-refractivity contribution in [3.8, 4) is 22.8 Å². The van der Waals surface area contributed by atoms with Crippen LogP contribution < -0.4 is 15.2 Å². The van der Waals surface area contributed by atoms with Gasteiger partial charge in [-0.15, -0.1) is 0 Å². The summed E-state index contributed by atoms with van der Waals surface area (Å²) in [5.41, 5.74) is 7.11. The summed E-state index contributed by atoms with van der Waals surface area (Å²) < 4.78 is 25.4. The largest absolute Gasteiger partial charge is 0.493 e. The maximum absolute atomic E-state index is 13.8. The summed E-state index contributed by atoms with van der Waals surface area (Å²) >= 11 is 3.22. The highest BCUT2D eigenvalue weighted by atomic mass is 79.9. The summed E-state index contributed by atoms with van der Waals surface area (Å²) in [6, 6.07) is 13.4. The number of Topliss-reactive ketones (excluding diaryl/α,β-unsaturated/α-hetero) is 1. The minimum absolute atomic E-state index is 0.0916. The molecule has 0 saturated heterocycles. The highest BCUT2D eigenvalue weighted by Crippen LogP contribution is 2.36. The Balaban J connectivity index is 1.58. The van der Waals surface area contributed by atoms with Crippen LogP contribution in [0.5, 0.6) is 11.5 Å². The van der Waals surface area contributed by atoms with Gasteiger partial charge in [-0.3, -0.25) is 4.79 Å². The van der Waals surface area contributed by atoms with E-state index in [1.54, 1.807) is 50.4 Å². The normalized spacial score (nSPS) is 15.2. The number of nitrogens with two attached hydrogens (primary N) is 1. The highest BCUT2D eigenvalue weighted by molar-refractivity contribution is 9.10. The topological polar surface area (TPSA) is 94.7 Å². The maximum Gasteiger partial charge on any atom is 0.163 e. The Bertz CT molecular complexity index is 1320. The number of pyridine rings is 1. The lowest BCUT2D eigenvalue weighted by Crippen LogP contribution is -2.31. The van der Waals surface area contributed by atoms with E-state index in [0.29, 0.717) is 38.5 Å². The van der Waals surface area contributed by atoms with E-state index < -0.39 is 11.1 Å². The number of hydrogen-bond donors (Lipinski definition) is 2. The first-order valence-corrected chi connectivity index (χ1v) is 13.0. The molecule has 1 aliphatic rings. The van der Waals surface area contributed by atoms with Crippen molar-refractivity contribution in [2.45, 2.75) is 63.7 Å². The third-order valence-corrected chi connectivity index (χ3v) is 7.09. The van der Waals surface area contributed by atoms with Crippen LogP contribution in [0.1, 0.15) is 68.1 Å². The van der Waals surface area contributed by atoms with E-state index in [2.05, 4.69) is 20.9 Å². The van der Waals surface area contributed by atoms with E-state index in [-0.39, 0.29) is 30.5 Å². The van der Waals surface area contributed by atoms with Gasteiger partial charge in [0.05, 0.1) is 29.1 Å². The van der Waals surface area contributed by atoms with Gasteiger partial charge in [0.15, 0.2) is 17.3 Å². The SMILES string of the molecule is COc1cc(C(=O)CCC(C)(O)c2cc(C(C)(C)N)cc(-c3ccc(F)c(Br)c3)n2)ccc1OC1CC1. The zero-order valence-corrected chi connectivity index (χ0v) is 23.1. The van der Waals surface area contributed by atoms with Crippen molar-refractivity contribution in [1.82, 2.24) is 4.98 Å². The predicted octanol–water partition coefficient (Wildman–Crippen LogP) is 6.26. The minimum Gasteiger partial charge on any atom is -0.493 e. The van der Waals surface area contributed by atoms with Crippen molar-refractivity contribution in [2.24, 2.45) is 5.73 Å². The van der Waals surface area contributed by atoms with Crippen LogP contribution in [0.3, 0.4) is 0 Å². The lowest BCUT2D eigenvalue weighted by atomic mass is 9.88. The number of carbonyl (C=O) groups excluding carboxylic acids is 1. The molecule has 0 amide bonds. The molecule has 4 rings (SSSR count). The molecule has 0 spiro atoms. The number of halogens is 2. The average molecular weight is 571 g/mol. The average Bonchev–Trinajstić information content (AvgIpc) is 3.67. The zero-order chi connectivity index (χ0) is 27.0. The quantitative estimate of drug-likeness (QED) is 0.279. The zero-order valence-electron chi connectivity index (χ0n) is 21.5. The van der Waals surface area contributed by atoms with Crippen molar-refractivity contribution < 1.29 is 23.8 Å². The van der Waals surface area contributed by atoms with Gasteiger partial charge >= 0.3 is 0 Å². The molecule has 1 atom stereocenters. The van der Waals surface area contributed by atoms with Crippen LogP contribution in [-0.4, -0.2) is 29.1 Å². The number of aliphatic hydroxyl groups is 1. The van der Waals surface area contributed by atoms with Gasteiger partial charge in [0.2, 0.25) is 0 Å². The van der Waals surface area contributed by atoms with Gasteiger partial charge < -0.3 is 20.3 Å². The predicted molar refractivity (Wildman–Crippen MR) is 144 cm³/mol. The third kappa shape index (κ3) is 6.55. The van der Waals surface area contributed by atoms with Gasteiger partial charge in [-0.2, -0.15) is 0 Å². The first kappa shape index (κ1) is 27.2. The van der Waals surface area contributed by atoms with Crippen molar-refractivity contribution >= 4 is 21.7 Å². The summed E-state index contributed by atoms with van der Waals surface area (Å²) in [6.07, 6.45) is 2.50. The second-order valence-corrected chi connectivity index (χ2v) is 11.2. The number of carbonyl (C=O) groups is 1. The molecule has 37 heavy (non-hydrogen) atoms. The number of rotatable bonds is 10. The van der Waals surface area contributed by atoms with Crippen LogP contribution >= 0.6 is 15.9 Å². The molecule has 2 aromatic carbocycles. The van der Waals surface area contributed by atoms with E-state index in [1.165, 1.54) is 6.07 Å². The summed E-state index contributed by atoms with van der Waals surface area (Å²) in [7, 11) is 1.54. The van der Waals surface area contributed by atoms with Gasteiger partial charge in [-0.1, -0.05) is 0 Å². The Morgan fingerprint density at radius 2 is 1.86 bits per heavy atom. The summed E-state index contributed by atoms with van der Waals surface area (Å²) in [4.78, 5) is 17.7. The number of benzene rings is 2. The number of hydrogen-bond acceptors (Lipinski definition) is 6. The van der Waals surface area contributed by atoms with Gasteiger partial charge in [-0.05, 0) is 110 Å². The molecule has 0 bridgehead atoms. The molecule has 1 aromatic heterocycles. The lowest BCUT2D eigenvalue weighted by Gasteiger charge is -2.27. The molecule has 3 aromatic rings. The van der Waals surface area contributed by atoms with E-state index in [4.69, 9.17) is 15.2 Å². The van der Waals surface area contributed by atoms with Crippen LogP contribution in [0.2, 0.25) is 0 Å². The van der Waals surface area contributed by atoms with Crippen LogP contribution in [-0.2, 0) is 11.1 Å². The fourth-order valence-electron chi connectivity index (χ4n) is 3.92. The Hall–Kier alpha value is -2.81. The van der Waals surface area contributed by atoms with Gasteiger partial charge in [-0.25, -0.2) is 9.37 Å². The number of aromatic nitrogens is 1. The standard InChI is InChI=1S/C29H32BrFN2O4/c1-28(2,32)19-15-23(17-5-9-22(31)21(30)13-17)33-27(16-19)29(3,35)12-11-24(34)18-6-10-25(26(14-18)36-4)37-20-7-8-20/h5-6,9-10,13-16,20,35H,7-8,11-12,32H2,1-4H3. The molecule has 196 valence electrons. The summed E-state index contributed by atoms with van der Waals surface area (Å²) in [6.45, 7) is 5.35. The number of ether oxygens (including phenoxy) is 2. The highest BCUT2D eigenvalue weighted by Gasteiger charge is 2.30. The van der Waals surface area contributed by atoms with Gasteiger partial charge in [0, 0.05) is 23.1 Å². The van der Waals surface area contributed by atoms with Crippen LogP contribution in [0.15, 0.2) is 53.0 Å². The fraction of sp³-hybridized carbons (Fsp3) is 0.379. The fourth-order valence-corrected chi connectivity index (χ4v) is 4.29. The van der Waals surface area contributed by atoms with Crippen molar-refractivity contribution in [1.29, 1.82) is 0 Å². The minimum atomic E-state index is -1.41. The molecule has 1 saturated carbocycles. The second kappa shape index (κ2) is 10.5. The smallest absolute Gasteiger partial charge is 0.163 e. The second-order valence-electron chi connectivity index (χ2n) is 10.4. The van der Waals surface area contributed by atoms with E-state index in [1.807, 2.05) is 19.9 Å². The molecule has 1 fully saturated rings. The lowest BCUT2D eigenvalue weighted by molar-refractivity contribution is 0.0396. The monoisotopic (exact) mass is 570 g/mol. The molecule has 1 heterocycles. The molecule has 1 aliphatic carbocycles. The van der Waals surface area contributed by atoms with E-state index >= 15 is 0 Å². The van der Waals surface area contributed by atoms with Crippen LogP contribution in [0.25, 0.3) is 11.3 Å².